The zero-order valence-corrected chi connectivity index (χ0v) is 10.1. The first-order valence-corrected chi connectivity index (χ1v) is 5.97. The van der Waals surface area contributed by atoms with Gasteiger partial charge in [0.25, 0.3) is 5.09 Å². The lowest BCUT2D eigenvalue weighted by Gasteiger charge is -2.12. The minimum absolute atomic E-state index is 0.00468. The molecule has 0 saturated carbocycles. The summed E-state index contributed by atoms with van der Waals surface area (Å²) in [6, 6.07) is 0. The molecule has 16 heavy (non-hydrogen) atoms. The molecule has 2 fully saturated rings. The molecule has 0 spiro atoms. The van der Waals surface area contributed by atoms with E-state index in [0.29, 0.717) is 6.61 Å². The molecule has 2 rings (SSSR count). The second-order valence-corrected chi connectivity index (χ2v) is 4.03. The molecule has 0 aromatic heterocycles. The normalized spacial score (nSPS) is 31.5. The summed E-state index contributed by atoms with van der Waals surface area (Å²) >= 11 is 3.92. The van der Waals surface area contributed by atoms with E-state index in [2.05, 4.69) is 24.4 Å². The van der Waals surface area contributed by atoms with Crippen molar-refractivity contribution in [1.82, 2.24) is 0 Å². The highest BCUT2D eigenvalue weighted by Crippen LogP contribution is 2.28. The van der Waals surface area contributed by atoms with Crippen molar-refractivity contribution >= 4 is 12.6 Å². The molecule has 0 unspecified atom stereocenters. The topological polar surface area (TPSA) is 70.8 Å². The molecule has 0 N–H and O–H groups in total. The highest BCUT2D eigenvalue weighted by atomic mass is 32.1. The Morgan fingerprint density at radius 1 is 1.56 bits per heavy atom. The van der Waals surface area contributed by atoms with Gasteiger partial charge in [-0.15, -0.1) is 10.1 Å². The van der Waals surface area contributed by atoms with E-state index in [1.165, 1.54) is 6.42 Å². The summed E-state index contributed by atoms with van der Waals surface area (Å²) in [7, 11) is 0. The van der Waals surface area contributed by atoms with Gasteiger partial charge in [0.15, 0.2) is 6.10 Å². The van der Waals surface area contributed by atoms with Crippen LogP contribution in [0.5, 0.6) is 0 Å². The van der Waals surface area contributed by atoms with E-state index in [1.54, 1.807) is 0 Å². The van der Waals surface area contributed by atoms with Gasteiger partial charge >= 0.3 is 0 Å². The minimum Gasteiger partial charge on any atom is -0.373 e. The van der Waals surface area contributed by atoms with Crippen molar-refractivity contribution in [3.05, 3.63) is 10.1 Å². The molecular formula is C9H17NO5S. The summed E-state index contributed by atoms with van der Waals surface area (Å²) in [6.45, 7) is 2.97. The molecule has 7 heteroatoms. The molecule has 0 amide bonds. The predicted octanol–water partition coefficient (Wildman–Crippen LogP) is 1.08. The number of fused-ring (bicyclic) bond motifs is 1. The first kappa shape index (κ1) is 13.5. The monoisotopic (exact) mass is 251 g/mol. The Morgan fingerprint density at radius 2 is 2.25 bits per heavy atom. The van der Waals surface area contributed by atoms with Crippen molar-refractivity contribution in [2.75, 3.05) is 19.0 Å². The summed E-state index contributed by atoms with van der Waals surface area (Å²) < 4.78 is 10.5. The van der Waals surface area contributed by atoms with Gasteiger partial charge in [-0.25, -0.2) is 0 Å². The predicted molar refractivity (Wildman–Crippen MR) is 60.1 cm³/mol. The molecule has 3 atom stereocenters. The lowest BCUT2D eigenvalue weighted by Crippen LogP contribution is -2.31. The van der Waals surface area contributed by atoms with Gasteiger partial charge in [-0.2, -0.15) is 12.6 Å². The maximum atomic E-state index is 10.0. The van der Waals surface area contributed by atoms with Crippen molar-refractivity contribution in [2.45, 2.75) is 38.1 Å². The van der Waals surface area contributed by atoms with Crippen LogP contribution >= 0.6 is 12.6 Å². The molecule has 2 aliphatic heterocycles. The first-order valence-electron chi connectivity index (χ1n) is 5.34. The molecule has 0 radical (unpaired) electrons. The van der Waals surface area contributed by atoms with Crippen LogP contribution in [0.1, 0.15) is 19.8 Å². The Kier molecular flexibility index (Phi) is 5.86. The van der Waals surface area contributed by atoms with Crippen LogP contribution in [0.15, 0.2) is 0 Å². The standard InChI is InChI=1S/C6H9NO5.C3H8S/c8-7(9)12-5-3-11-4-1-2-10-6(4)5;1-2-3-4/h4-6H,1-3H2;4H,2-3H2,1H3/t4-,5-,6+;/m1./s1. The Morgan fingerprint density at radius 3 is 2.81 bits per heavy atom. The van der Waals surface area contributed by atoms with Crippen molar-refractivity contribution in [2.24, 2.45) is 0 Å². The number of ether oxygens (including phenoxy) is 2. The van der Waals surface area contributed by atoms with E-state index < -0.39 is 11.2 Å². The summed E-state index contributed by atoms with van der Waals surface area (Å²) in [5, 5.41) is 9.22. The largest absolute Gasteiger partial charge is 0.373 e. The summed E-state index contributed by atoms with van der Waals surface area (Å²) in [4.78, 5) is 14.4. The van der Waals surface area contributed by atoms with Crippen LogP contribution in [0.2, 0.25) is 0 Å². The zero-order chi connectivity index (χ0) is 12.0. The van der Waals surface area contributed by atoms with Crippen LogP contribution in [0, 0.1) is 10.1 Å². The van der Waals surface area contributed by atoms with Gasteiger partial charge in [-0.05, 0) is 18.6 Å². The second-order valence-electron chi connectivity index (χ2n) is 3.59. The zero-order valence-electron chi connectivity index (χ0n) is 9.20. The van der Waals surface area contributed by atoms with Crippen LogP contribution in [-0.4, -0.2) is 42.4 Å². The highest BCUT2D eigenvalue weighted by Gasteiger charge is 2.43. The third-order valence-corrected chi connectivity index (χ3v) is 2.81. The van der Waals surface area contributed by atoms with Crippen molar-refractivity contribution in [3.63, 3.8) is 0 Å². The second kappa shape index (κ2) is 6.93. The smallest absolute Gasteiger partial charge is 0.294 e. The third-order valence-electron chi connectivity index (χ3n) is 2.37. The van der Waals surface area contributed by atoms with E-state index in [9.17, 15) is 10.1 Å². The summed E-state index contributed by atoms with van der Waals surface area (Å²) in [6.07, 6.45) is 1.21. The van der Waals surface area contributed by atoms with E-state index in [4.69, 9.17) is 9.47 Å². The van der Waals surface area contributed by atoms with Crippen molar-refractivity contribution in [3.8, 4) is 0 Å². The van der Waals surface area contributed by atoms with Gasteiger partial charge in [0.1, 0.15) is 6.10 Å². The van der Waals surface area contributed by atoms with E-state index in [0.717, 1.165) is 12.2 Å². The lowest BCUT2D eigenvalue weighted by atomic mass is 10.1. The molecule has 0 bridgehead atoms. The van der Waals surface area contributed by atoms with Crippen LogP contribution < -0.4 is 0 Å². The van der Waals surface area contributed by atoms with Crippen LogP contribution in [0.3, 0.4) is 0 Å². The number of hydrogen-bond donors (Lipinski definition) is 1. The average Bonchev–Trinajstić information content (AvgIpc) is 2.83. The summed E-state index contributed by atoms with van der Waals surface area (Å²) in [5.74, 6) is 1.01. The van der Waals surface area contributed by atoms with E-state index in [1.807, 2.05) is 0 Å². The fraction of sp³-hybridized carbons (Fsp3) is 1.00. The molecule has 0 aliphatic carbocycles. The van der Waals surface area contributed by atoms with Crippen molar-refractivity contribution < 1.29 is 19.4 Å². The first-order chi connectivity index (χ1) is 7.69. The Hall–Kier alpha value is -0.530. The van der Waals surface area contributed by atoms with Gasteiger partial charge in [0.05, 0.1) is 12.7 Å². The Bertz CT molecular complexity index is 226. The maximum absolute atomic E-state index is 10.0. The fourth-order valence-corrected chi connectivity index (χ4v) is 1.63. The Balaban J connectivity index is 0.000000280. The maximum Gasteiger partial charge on any atom is 0.294 e. The number of hydrogen-bond acceptors (Lipinski definition) is 6. The molecule has 2 aliphatic rings. The van der Waals surface area contributed by atoms with E-state index in [-0.39, 0.29) is 18.8 Å². The number of thiol groups is 1. The minimum atomic E-state index is -0.794. The van der Waals surface area contributed by atoms with Gasteiger partial charge in [0.2, 0.25) is 0 Å². The van der Waals surface area contributed by atoms with Crippen LogP contribution in [0.4, 0.5) is 0 Å². The molecule has 0 aromatic rings. The van der Waals surface area contributed by atoms with Crippen LogP contribution in [0.25, 0.3) is 0 Å². The van der Waals surface area contributed by atoms with Gasteiger partial charge in [0, 0.05) is 6.61 Å². The van der Waals surface area contributed by atoms with Gasteiger partial charge in [-0.3, -0.25) is 0 Å². The highest BCUT2D eigenvalue weighted by molar-refractivity contribution is 7.80. The van der Waals surface area contributed by atoms with Crippen molar-refractivity contribution in [1.29, 1.82) is 0 Å². The van der Waals surface area contributed by atoms with E-state index >= 15 is 0 Å². The molecule has 6 nitrogen and oxygen atoms in total. The third kappa shape index (κ3) is 3.80. The Labute approximate surface area is 99.8 Å². The summed E-state index contributed by atoms with van der Waals surface area (Å²) in [5.41, 5.74) is 0. The molecular weight excluding hydrogens is 234 g/mol. The number of nitrogens with zero attached hydrogens (tertiary/aromatic N) is 1. The molecule has 94 valence electrons. The molecule has 0 aromatic carbocycles. The SMILES string of the molecule is CCCS.O=[N+]([O-])O[C@@H]1CO[C@@H]2CCO[C@@H]21. The fourth-order valence-electron chi connectivity index (χ4n) is 1.63. The quantitative estimate of drug-likeness (QED) is 0.461. The number of rotatable bonds is 3. The lowest BCUT2D eigenvalue weighted by molar-refractivity contribution is -0.769. The molecule has 2 saturated heterocycles. The van der Waals surface area contributed by atoms with Gasteiger partial charge < -0.3 is 14.3 Å². The molecule has 2 heterocycles. The average molecular weight is 251 g/mol. The van der Waals surface area contributed by atoms with Gasteiger partial charge in [-0.1, -0.05) is 6.92 Å². The van der Waals surface area contributed by atoms with Crippen LogP contribution in [-0.2, 0) is 14.3 Å².